The molecule has 0 saturated carbocycles. The largest absolute Gasteiger partial charge is 0.453 e. The van der Waals surface area contributed by atoms with Crippen molar-refractivity contribution < 1.29 is 19.1 Å². The molecule has 1 heterocycles. The second-order valence-corrected chi connectivity index (χ2v) is 6.88. The molecule has 0 saturated heterocycles. The number of amides is 1. The lowest BCUT2D eigenvalue weighted by Gasteiger charge is -2.08. The first-order valence-electron chi connectivity index (χ1n) is 8.32. The van der Waals surface area contributed by atoms with Crippen LogP contribution in [0.3, 0.4) is 0 Å². The van der Waals surface area contributed by atoms with Crippen LogP contribution in [0.2, 0.25) is 0 Å². The third kappa shape index (κ3) is 5.45. The van der Waals surface area contributed by atoms with Gasteiger partial charge in [0.1, 0.15) is 0 Å². The lowest BCUT2D eigenvalue weighted by molar-refractivity contribution is -0.116. The van der Waals surface area contributed by atoms with Gasteiger partial charge in [0.15, 0.2) is 17.3 Å². The Labute approximate surface area is 155 Å². The molecule has 7 nitrogen and oxygen atoms in total. The maximum absolute atomic E-state index is 12.2. The number of benzene rings is 1. The summed E-state index contributed by atoms with van der Waals surface area (Å²) in [5.41, 5.74) is 1.58. The van der Waals surface area contributed by atoms with Crippen molar-refractivity contribution in [2.45, 2.75) is 33.6 Å². The van der Waals surface area contributed by atoms with Crippen LogP contribution in [0.15, 0.2) is 24.3 Å². The second kappa shape index (κ2) is 9.19. The number of ether oxygens (including phenoxy) is 1. The molecule has 26 heavy (non-hydrogen) atoms. The zero-order valence-electron chi connectivity index (χ0n) is 14.9. The Morgan fingerprint density at radius 1 is 1.19 bits per heavy atom. The average Bonchev–Trinajstić information content (AvgIpc) is 3.08. The van der Waals surface area contributed by atoms with Gasteiger partial charge in [0.25, 0.3) is 0 Å². The molecule has 1 aromatic heterocycles. The first-order chi connectivity index (χ1) is 12.4. The van der Waals surface area contributed by atoms with Gasteiger partial charge >= 0.3 is 5.97 Å². The van der Waals surface area contributed by atoms with E-state index < -0.39 is 5.97 Å². The number of ketones is 1. The van der Waals surface area contributed by atoms with Crippen molar-refractivity contribution in [3.8, 4) is 0 Å². The predicted octanol–water partition coefficient (Wildman–Crippen LogP) is 3.12. The summed E-state index contributed by atoms with van der Waals surface area (Å²) in [5, 5.41) is 6.61. The maximum atomic E-state index is 12.2. The molecule has 0 spiro atoms. The Morgan fingerprint density at radius 3 is 2.50 bits per heavy atom. The number of rotatable bonds is 8. The first-order valence-corrected chi connectivity index (χ1v) is 9.09. The molecular weight excluding hydrogens is 354 g/mol. The molecule has 0 bridgehead atoms. The summed E-state index contributed by atoms with van der Waals surface area (Å²) in [6.45, 7) is 5.43. The summed E-state index contributed by atoms with van der Waals surface area (Å²) >= 11 is 0.954. The van der Waals surface area contributed by atoms with Crippen molar-refractivity contribution in [3.63, 3.8) is 0 Å². The summed E-state index contributed by atoms with van der Waals surface area (Å²) in [4.78, 5) is 36.2. The fraction of sp³-hybridized carbons (Fsp3) is 0.389. The Kier molecular flexibility index (Phi) is 6.97. The number of hydrogen-bond donors (Lipinski definition) is 1. The van der Waals surface area contributed by atoms with Gasteiger partial charge in [-0.25, -0.2) is 4.79 Å². The van der Waals surface area contributed by atoms with Crippen LogP contribution in [-0.2, 0) is 16.0 Å². The summed E-state index contributed by atoms with van der Waals surface area (Å²) < 4.78 is 8.78. The minimum atomic E-state index is -0.595. The summed E-state index contributed by atoms with van der Waals surface area (Å²) in [6.07, 6.45) is 1.00. The van der Waals surface area contributed by atoms with Gasteiger partial charge in [-0.05, 0) is 48.1 Å². The molecule has 1 aromatic carbocycles. The number of nitrogens with zero attached hydrogens (tertiary/aromatic N) is 2. The number of carbonyl (C=O) groups is 3. The van der Waals surface area contributed by atoms with Crippen molar-refractivity contribution in [1.29, 1.82) is 0 Å². The van der Waals surface area contributed by atoms with Gasteiger partial charge in [0.05, 0.1) is 5.69 Å². The van der Waals surface area contributed by atoms with Crippen molar-refractivity contribution in [2.75, 3.05) is 11.9 Å². The Bertz CT molecular complexity index is 784. The number of carbonyl (C=O) groups excluding carboxylic acids is 3. The van der Waals surface area contributed by atoms with Crippen molar-refractivity contribution >= 4 is 34.9 Å². The SMILES string of the molecule is CCc1nnsc1C(=O)OCC(=O)c1ccc(NC(=O)CC(C)C)cc1. The second-order valence-electron chi connectivity index (χ2n) is 6.13. The standard InChI is InChI=1S/C18H21N3O4S/c1-4-14-17(26-21-20-14)18(24)25-10-15(22)12-5-7-13(8-6-12)19-16(23)9-11(2)3/h5-8,11H,4,9-10H2,1-3H3,(H,19,23). The summed E-state index contributed by atoms with van der Waals surface area (Å²) in [6, 6.07) is 6.48. The Balaban J connectivity index is 1.89. The van der Waals surface area contributed by atoms with E-state index in [4.69, 9.17) is 4.74 Å². The van der Waals surface area contributed by atoms with E-state index in [1.54, 1.807) is 24.3 Å². The normalized spacial score (nSPS) is 10.6. The van der Waals surface area contributed by atoms with Crippen LogP contribution in [-0.4, -0.2) is 33.9 Å². The topological polar surface area (TPSA) is 98.2 Å². The van der Waals surface area contributed by atoms with Gasteiger partial charge in [-0.1, -0.05) is 25.3 Å². The third-order valence-electron chi connectivity index (χ3n) is 3.49. The number of nitrogens with one attached hydrogen (secondary N) is 1. The molecule has 0 radical (unpaired) electrons. The van der Waals surface area contributed by atoms with E-state index in [-0.39, 0.29) is 24.2 Å². The fourth-order valence-corrected chi connectivity index (χ4v) is 2.84. The van der Waals surface area contributed by atoms with Gasteiger partial charge in [0.2, 0.25) is 5.91 Å². The zero-order chi connectivity index (χ0) is 19.1. The summed E-state index contributed by atoms with van der Waals surface area (Å²) in [5.74, 6) is -0.720. The van der Waals surface area contributed by atoms with Gasteiger partial charge in [-0.2, -0.15) is 0 Å². The van der Waals surface area contributed by atoms with Crippen LogP contribution in [0.25, 0.3) is 0 Å². The van der Waals surface area contributed by atoms with Crippen LogP contribution in [0.5, 0.6) is 0 Å². The van der Waals surface area contributed by atoms with Gasteiger partial charge in [-0.15, -0.1) is 5.10 Å². The highest BCUT2D eigenvalue weighted by molar-refractivity contribution is 7.07. The number of aromatic nitrogens is 2. The molecule has 0 fully saturated rings. The van der Waals surface area contributed by atoms with Gasteiger partial charge in [-0.3, -0.25) is 9.59 Å². The highest BCUT2D eigenvalue weighted by atomic mass is 32.1. The number of hydrogen-bond acceptors (Lipinski definition) is 7. The predicted molar refractivity (Wildman–Crippen MR) is 98.4 cm³/mol. The number of anilines is 1. The molecule has 0 aliphatic heterocycles. The number of aryl methyl sites for hydroxylation is 1. The highest BCUT2D eigenvalue weighted by Crippen LogP contribution is 2.14. The minimum Gasteiger partial charge on any atom is -0.453 e. The molecule has 1 amide bonds. The fourth-order valence-electron chi connectivity index (χ4n) is 2.20. The minimum absolute atomic E-state index is 0.0714. The molecule has 0 aliphatic carbocycles. The van der Waals surface area contributed by atoms with Crippen LogP contribution < -0.4 is 5.32 Å². The molecular formula is C18H21N3O4S. The lowest BCUT2D eigenvalue weighted by atomic mass is 10.1. The molecule has 8 heteroatoms. The average molecular weight is 375 g/mol. The smallest absolute Gasteiger partial charge is 0.352 e. The Hall–Kier alpha value is -2.61. The molecule has 0 aliphatic rings. The van der Waals surface area contributed by atoms with Crippen LogP contribution in [0.1, 0.15) is 52.9 Å². The van der Waals surface area contributed by atoms with Crippen molar-refractivity contribution in [3.05, 3.63) is 40.4 Å². The molecule has 0 atom stereocenters. The van der Waals surface area contributed by atoms with E-state index in [0.29, 0.717) is 34.7 Å². The number of Topliss-reactive ketones (excluding diaryl/α,β-unsaturated/α-hetero) is 1. The van der Waals surface area contributed by atoms with Gasteiger partial charge < -0.3 is 10.1 Å². The highest BCUT2D eigenvalue weighted by Gasteiger charge is 2.18. The molecule has 2 aromatic rings. The van der Waals surface area contributed by atoms with Crippen molar-refractivity contribution in [1.82, 2.24) is 9.59 Å². The van der Waals surface area contributed by atoms with Crippen LogP contribution >= 0.6 is 11.5 Å². The van der Waals surface area contributed by atoms with E-state index in [1.165, 1.54) is 0 Å². The first kappa shape index (κ1) is 19.7. The summed E-state index contributed by atoms with van der Waals surface area (Å²) in [7, 11) is 0. The molecule has 0 unspecified atom stereocenters. The number of esters is 1. The quantitative estimate of drug-likeness (QED) is 0.562. The molecule has 1 N–H and O–H groups in total. The van der Waals surface area contributed by atoms with Crippen LogP contribution in [0.4, 0.5) is 5.69 Å². The van der Waals surface area contributed by atoms with Crippen LogP contribution in [0, 0.1) is 5.92 Å². The Morgan fingerprint density at radius 2 is 1.88 bits per heavy atom. The molecule has 2 rings (SSSR count). The lowest BCUT2D eigenvalue weighted by Crippen LogP contribution is -2.15. The van der Waals surface area contributed by atoms with Gasteiger partial charge in [0, 0.05) is 17.7 Å². The van der Waals surface area contributed by atoms with Crippen molar-refractivity contribution in [2.24, 2.45) is 5.92 Å². The van der Waals surface area contributed by atoms with E-state index in [9.17, 15) is 14.4 Å². The zero-order valence-corrected chi connectivity index (χ0v) is 15.8. The van der Waals surface area contributed by atoms with E-state index in [1.807, 2.05) is 20.8 Å². The third-order valence-corrected chi connectivity index (χ3v) is 4.24. The van der Waals surface area contributed by atoms with E-state index >= 15 is 0 Å². The molecule has 138 valence electrons. The monoisotopic (exact) mass is 375 g/mol. The van der Waals surface area contributed by atoms with E-state index in [2.05, 4.69) is 14.9 Å². The van der Waals surface area contributed by atoms with E-state index in [0.717, 1.165) is 11.5 Å². The maximum Gasteiger partial charge on any atom is 0.352 e.